The second-order valence-corrected chi connectivity index (χ2v) is 4.44. The van der Waals surface area contributed by atoms with Crippen LogP contribution in [0.2, 0.25) is 0 Å². The van der Waals surface area contributed by atoms with Crippen LogP contribution in [0.1, 0.15) is 11.1 Å². The van der Waals surface area contributed by atoms with Crippen LogP contribution >= 0.6 is 15.9 Å². The highest BCUT2D eigenvalue weighted by molar-refractivity contribution is 9.10. The van der Waals surface area contributed by atoms with Crippen molar-refractivity contribution in [3.05, 3.63) is 39.1 Å². The van der Waals surface area contributed by atoms with Crippen LogP contribution in [0.15, 0.2) is 22.2 Å². The third-order valence-corrected chi connectivity index (χ3v) is 2.81. The van der Waals surface area contributed by atoms with Crippen LogP contribution in [-0.2, 0) is 0 Å². The first kappa shape index (κ1) is 9.87. The molecule has 2 rings (SSSR count). The van der Waals surface area contributed by atoms with Gasteiger partial charge in [0.2, 0.25) is 0 Å². The van der Waals surface area contributed by atoms with Gasteiger partial charge < -0.3 is 5.32 Å². The monoisotopic (exact) mass is 255 g/mol. The average molecular weight is 256 g/mol. The summed E-state index contributed by atoms with van der Waals surface area (Å²) in [4.78, 5) is 0. The molecule has 1 aliphatic rings. The lowest BCUT2D eigenvalue weighted by Crippen LogP contribution is -2.33. The fourth-order valence-corrected chi connectivity index (χ4v) is 2.02. The molecule has 1 aliphatic heterocycles. The van der Waals surface area contributed by atoms with Gasteiger partial charge in [-0.2, -0.15) is 0 Å². The van der Waals surface area contributed by atoms with Crippen molar-refractivity contribution < 1.29 is 4.39 Å². The minimum atomic E-state index is -0.156. The maximum absolute atomic E-state index is 13.5. The molecule has 1 fully saturated rings. The van der Waals surface area contributed by atoms with Crippen molar-refractivity contribution in [1.82, 2.24) is 5.32 Å². The summed E-state index contributed by atoms with van der Waals surface area (Å²) in [6, 6.07) is 3.44. The van der Waals surface area contributed by atoms with E-state index in [4.69, 9.17) is 0 Å². The van der Waals surface area contributed by atoms with Crippen molar-refractivity contribution in [2.45, 2.75) is 6.92 Å². The van der Waals surface area contributed by atoms with Crippen molar-refractivity contribution in [2.24, 2.45) is 0 Å². The molecule has 14 heavy (non-hydrogen) atoms. The molecule has 0 spiro atoms. The summed E-state index contributed by atoms with van der Waals surface area (Å²) in [5, 5.41) is 3.13. The van der Waals surface area contributed by atoms with Crippen LogP contribution in [0.5, 0.6) is 0 Å². The largest absolute Gasteiger partial charge is 0.309 e. The summed E-state index contributed by atoms with van der Waals surface area (Å²) in [7, 11) is 0. The number of aryl methyl sites for hydroxylation is 1. The zero-order chi connectivity index (χ0) is 10.1. The second-order valence-electron chi connectivity index (χ2n) is 3.52. The maximum Gasteiger partial charge on any atom is 0.131 e. The van der Waals surface area contributed by atoms with Gasteiger partial charge in [0.25, 0.3) is 0 Å². The van der Waals surface area contributed by atoms with E-state index in [1.807, 2.05) is 19.1 Å². The normalized spacial score (nSPS) is 15.2. The van der Waals surface area contributed by atoms with Gasteiger partial charge in [-0.25, -0.2) is 4.39 Å². The Morgan fingerprint density at radius 1 is 1.43 bits per heavy atom. The molecule has 0 atom stereocenters. The van der Waals surface area contributed by atoms with Crippen molar-refractivity contribution in [3.63, 3.8) is 0 Å². The van der Waals surface area contributed by atoms with Crippen LogP contribution in [-0.4, -0.2) is 13.1 Å². The summed E-state index contributed by atoms with van der Waals surface area (Å²) < 4.78 is 14.3. The zero-order valence-electron chi connectivity index (χ0n) is 7.90. The molecule has 0 saturated carbocycles. The summed E-state index contributed by atoms with van der Waals surface area (Å²) in [6.07, 6.45) is 1.94. The van der Waals surface area contributed by atoms with E-state index in [0.29, 0.717) is 5.56 Å². The smallest absolute Gasteiger partial charge is 0.131 e. The Morgan fingerprint density at radius 2 is 2.14 bits per heavy atom. The average Bonchev–Trinajstić information content (AvgIpc) is 1.98. The predicted molar refractivity (Wildman–Crippen MR) is 59.7 cm³/mol. The Kier molecular flexibility index (Phi) is 2.70. The molecule has 0 aromatic heterocycles. The quantitative estimate of drug-likeness (QED) is 0.814. The lowest BCUT2D eigenvalue weighted by atomic mass is 10.0. The molecule has 1 aromatic rings. The molecular weight excluding hydrogens is 245 g/mol. The molecule has 1 nitrogen and oxygen atoms in total. The van der Waals surface area contributed by atoms with E-state index in [2.05, 4.69) is 21.2 Å². The summed E-state index contributed by atoms with van der Waals surface area (Å²) in [5.41, 5.74) is 2.94. The first-order valence-corrected chi connectivity index (χ1v) is 5.32. The molecule has 0 bridgehead atoms. The highest BCUT2D eigenvalue weighted by Gasteiger charge is 2.10. The summed E-state index contributed by atoms with van der Waals surface area (Å²) >= 11 is 3.27. The van der Waals surface area contributed by atoms with E-state index in [-0.39, 0.29) is 5.82 Å². The number of hydrogen-bond acceptors (Lipinski definition) is 1. The minimum Gasteiger partial charge on any atom is -0.309 e. The summed E-state index contributed by atoms with van der Waals surface area (Å²) in [5.74, 6) is -0.156. The Balaban J connectivity index is 2.41. The van der Waals surface area contributed by atoms with Crippen molar-refractivity contribution in [1.29, 1.82) is 0 Å². The fraction of sp³-hybridized carbons (Fsp3) is 0.273. The van der Waals surface area contributed by atoms with Crippen LogP contribution in [0.3, 0.4) is 0 Å². The number of nitrogens with one attached hydrogen (secondary N) is 1. The first-order valence-electron chi connectivity index (χ1n) is 4.52. The number of rotatable bonds is 1. The van der Waals surface area contributed by atoms with Gasteiger partial charge in [-0.15, -0.1) is 0 Å². The number of benzene rings is 1. The van der Waals surface area contributed by atoms with Gasteiger partial charge in [0, 0.05) is 23.1 Å². The molecular formula is C11H11BrFN. The van der Waals surface area contributed by atoms with Crippen LogP contribution in [0.25, 0.3) is 6.08 Å². The Hall–Kier alpha value is -0.670. The van der Waals surface area contributed by atoms with E-state index in [9.17, 15) is 4.39 Å². The Morgan fingerprint density at radius 3 is 2.64 bits per heavy atom. The van der Waals surface area contributed by atoms with Gasteiger partial charge in [0.1, 0.15) is 5.82 Å². The molecule has 0 aliphatic carbocycles. The lowest BCUT2D eigenvalue weighted by molar-refractivity contribution is 0.621. The van der Waals surface area contributed by atoms with E-state index in [1.54, 1.807) is 0 Å². The van der Waals surface area contributed by atoms with Crippen LogP contribution < -0.4 is 5.32 Å². The molecule has 0 unspecified atom stereocenters. The maximum atomic E-state index is 13.5. The molecule has 3 heteroatoms. The van der Waals surface area contributed by atoms with Crippen LogP contribution in [0.4, 0.5) is 4.39 Å². The predicted octanol–water partition coefficient (Wildman–Crippen LogP) is 2.88. The molecule has 1 heterocycles. The van der Waals surface area contributed by atoms with Gasteiger partial charge >= 0.3 is 0 Å². The Bertz CT molecular complexity index is 369. The van der Waals surface area contributed by atoms with Gasteiger partial charge in [-0.3, -0.25) is 0 Å². The number of hydrogen-bond donors (Lipinski definition) is 1. The molecule has 1 N–H and O–H groups in total. The Labute approximate surface area is 91.1 Å². The van der Waals surface area contributed by atoms with Crippen molar-refractivity contribution in [3.8, 4) is 0 Å². The highest BCUT2D eigenvalue weighted by atomic mass is 79.9. The molecule has 74 valence electrons. The van der Waals surface area contributed by atoms with Crippen molar-refractivity contribution >= 4 is 22.0 Å². The van der Waals surface area contributed by atoms with Crippen molar-refractivity contribution in [2.75, 3.05) is 13.1 Å². The minimum absolute atomic E-state index is 0.156. The molecule has 0 radical (unpaired) electrons. The van der Waals surface area contributed by atoms with Gasteiger partial charge in [-0.1, -0.05) is 22.0 Å². The summed E-state index contributed by atoms with van der Waals surface area (Å²) in [6.45, 7) is 3.69. The lowest BCUT2D eigenvalue weighted by Gasteiger charge is -2.19. The molecule has 1 aromatic carbocycles. The van der Waals surface area contributed by atoms with E-state index in [1.165, 1.54) is 11.6 Å². The van der Waals surface area contributed by atoms with Gasteiger partial charge in [0.15, 0.2) is 0 Å². The van der Waals surface area contributed by atoms with E-state index in [0.717, 1.165) is 23.1 Å². The standard InChI is InChI=1S/C11H11BrFN/c1-7-2-9(12)4-11(13)10(7)3-8-5-14-6-8/h2-4,14H,5-6H2,1H3. The highest BCUT2D eigenvalue weighted by Crippen LogP contribution is 2.22. The third kappa shape index (κ3) is 1.88. The topological polar surface area (TPSA) is 12.0 Å². The fourth-order valence-electron chi connectivity index (χ4n) is 1.47. The van der Waals surface area contributed by atoms with Crippen LogP contribution in [0, 0.1) is 12.7 Å². The van der Waals surface area contributed by atoms with E-state index < -0.39 is 0 Å². The van der Waals surface area contributed by atoms with E-state index >= 15 is 0 Å². The molecule has 0 amide bonds. The first-order chi connectivity index (χ1) is 6.66. The van der Waals surface area contributed by atoms with Gasteiger partial charge in [-0.05, 0) is 30.2 Å². The zero-order valence-corrected chi connectivity index (χ0v) is 9.49. The third-order valence-electron chi connectivity index (χ3n) is 2.35. The molecule has 1 saturated heterocycles. The SMILES string of the molecule is Cc1cc(Br)cc(F)c1C=C1CNC1. The number of halogens is 2. The second kappa shape index (κ2) is 3.83. The van der Waals surface area contributed by atoms with Gasteiger partial charge in [0.05, 0.1) is 0 Å².